The van der Waals surface area contributed by atoms with Gasteiger partial charge in [0.05, 0.1) is 0 Å². The maximum Gasteiger partial charge on any atom is -0.00136 e. The molecular weight excluding hydrogens is 184 g/mol. The van der Waals surface area contributed by atoms with Crippen molar-refractivity contribution in [3.8, 4) is 0 Å². The normalized spacial score (nSPS) is 20.1. The lowest BCUT2D eigenvalue weighted by Crippen LogP contribution is -2.30. The molecule has 1 rings (SSSR count). The zero-order valence-electron chi connectivity index (χ0n) is 7.84. The van der Waals surface area contributed by atoms with Crippen molar-refractivity contribution in [3.05, 3.63) is 0 Å². The van der Waals surface area contributed by atoms with Crippen LogP contribution in [0.1, 0.15) is 38.5 Å². The molecule has 0 aromatic carbocycles. The van der Waals surface area contributed by atoms with Crippen LogP contribution in [0, 0.1) is 5.41 Å². The molecule has 12 heavy (non-hydrogen) atoms. The SMILES string of the molecule is CSCCCCC1(C=S)CCC1. The first kappa shape index (κ1) is 10.5. The van der Waals surface area contributed by atoms with E-state index < -0.39 is 0 Å². The Bertz CT molecular complexity index is 139. The minimum atomic E-state index is 0.494. The van der Waals surface area contributed by atoms with Gasteiger partial charge >= 0.3 is 0 Å². The van der Waals surface area contributed by atoms with Gasteiger partial charge in [-0.1, -0.05) is 25.1 Å². The van der Waals surface area contributed by atoms with Gasteiger partial charge < -0.3 is 0 Å². The molecule has 0 atom stereocenters. The third-order valence-electron chi connectivity index (χ3n) is 2.87. The molecule has 0 aliphatic heterocycles. The Balaban J connectivity index is 2.08. The van der Waals surface area contributed by atoms with Crippen LogP contribution in [0.2, 0.25) is 0 Å². The lowest BCUT2D eigenvalue weighted by Gasteiger charge is -2.38. The Kier molecular flexibility index (Phi) is 4.59. The third-order valence-corrected chi connectivity index (χ3v) is 4.07. The number of thiocarbonyl (C=S) groups is 1. The first-order valence-corrected chi connectivity index (χ1v) is 6.65. The van der Waals surface area contributed by atoms with Gasteiger partial charge in [0.1, 0.15) is 0 Å². The largest absolute Gasteiger partial charge is 0.165 e. The van der Waals surface area contributed by atoms with Crippen LogP contribution in [0.3, 0.4) is 0 Å². The fourth-order valence-electron chi connectivity index (χ4n) is 1.78. The summed E-state index contributed by atoms with van der Waals surface area (Å²) in [6, 6.07) is 0. The van der Waals surface area contributed by atoms with Gasteiger partial charge in [0.15, 0.2) is 0 Å². The van der Waals surface area contributed by atoms with Crippen LogP contribution in [0.15, 0.2) is 0 Å². The number of unbranched alkanes of at least 4 members (excludes halogenated alkanes) is 1. The second kappa shape index (κ2) is 5.23. The molecule has 0 amide bonds. The molecule has 0 heterocycles. The van der Waals surface area contributed by atoms with Crippen molar-refractivity contribution in [2.45, 2.75) is 38.5 Å². The van der Waals surface area contributed by atoms with Crippen LogP contribution in [0.4, 0.5) is 0 Å². The van der Waals surface area contributed by atoms with E-state index in [1.807, 2.05) is 17.1 Å². The summed E-state index contributed by atoms with van der Waals surface area (Å²) in [6.45, 7) is 0. The van der Waals surface area contributed by atoms with E-state index in [9.17, 15) is 0 Å². The van der Waals surface area contributed by atoms with E-state index in [4.69, 9.17) is 12.2 Å². The molecule has 70 valence electrons. The summed E-state index contributed by atoms with van der Waals surface area (Å²) >= 11 is 7.03. The molecule has 0 aromatic rings. The zero-order valence-corrected chi connectivity index (χ0v) is 9.48. The number of rotatable bonds is 6. The molecule has 1 aliphatic rings. The Hall–Kier alpha value is 0.440. The van der Waals surface area contributed by atoms with Gasteiger partial charge in [-0.25, -0.2) is 0 Å². The number of thioether (sulfide) groups is 1. The third kappa shape index (κ3) is 2.74. The fourth-order valence-corrected chi connectivity index (χ4v) is 2.63. The highest BCUT2D eigenvalue weighted by atomic mass is 32.2. The molecule has 0 saturated heterocycles. The molecule has 2 heteroatoms. The highest BCUT2D eigenvalue weighted by molar-refractivity contribution is 7.98. The van der Waals surface area contributed by atoms with Crippen molar-refractivity contribution in [1.82, 2.24) is 0 Å². The Labute approximate surface area is 85.5 Å². The smallest absolute Gasteiger partial charge is 0.00136 e. The minimum absolute atomic E-state index is 0.494. The van der Waals surface area contributed by atoms with Crippen molar-refractivity contribution in [3.63, 3.8) is 0 Å². The Morgan fingerprint density at radius 2 is 2.17 bits per heavy atom. The van der Waals surface area contributed by atoms with Gasteiger partial charge in [-0.05, 0) is 48.5 Å². The average molecular weight is 202 g/mol. The van der Waals surface area contributed by atoms with E-state index in [1.54, 1.807) is 0 Å². The molecule has 1 fully saturated rings. The molecule has 0 N–H and O–H groups in total. The lowest BCUT2D eigenvalue weighted by atomic mass is 9.67. The number of hydrogen-bond donors (Lipinski definition) is 0. The molecule has 0 unspecified atom stereocenters. The predicted octanol–water partition coefficient (Wildman–Crippen LogP) is 3.69. The van der Waals surface area contributed by atoms with E-state index >= 15 is 0 Å². The first-order chi connectivity index (χ1) is 5.83. The van der Waals surface area contributed by atoms with Gasteiger partial charge in [-0.2, -0.15) is 11.8 Å². The van der Waals surface area contributed by atoms with Crippen LogP contribution in [0.5, 0.6) is 0 Å². The van der Waals surface area contributed by atoms with Crippen molar-refractivity contribution in [2.75, 3.05) is 12.0 Å². The van der Waals surface area contributed by atoms with E-state index in [0.29, 0.717) is 5.41 Å². The van der Waals surface area contributed by atoms with Crippen LogP contribution in [0.25, 0.3) is 0 Å². The summed E-state index contributed by atoms with van der Waals surface area (Å²) in [7, 11) is 0. The maximum absolute atomic E-state index is 5.09. The summed E-state index contributed by atoms with van der Waals surface area (Å²) in [5, 5.41) is 2.04. The fraction of sp³-hybridized carbons (Fsp3) is 0.900. The lowest BCUT2D eigenvalue weighted by molar-refractivity contribution is 0.220. The highest BCUT2D eigenvalue weighted by Crippen LogP contribution is 2.43. The van der Waals surface area contributed by atoms with E-state index in [2.05, 4.69) is 6.26 Å². The van der Waals surface area contributed by atoms with Gasteiger partial charge in [-0.3, -0.25) is 0 Å². The van der Waals surface area contributed by atoms with Crippen molar-refractivity contribution in [1.29, 1.82) is 0 Å². The maximum atomic E-state index is 5.09. The molecule has 1 aliphatic carbocycles. The van der Waals surface area contributed by atoms with Gasteiger partial charge in [-0.15, -0.1) is 0 Å². The summed E-state index contributed by atoms with van der Waals surface area (Å²) in [5.74, 6) is 1.31. The summed E-state index contributed by atoms with van der Waals surface area (Å²) in [4.78, 5) is 0. The number of hydrogen-bond acceptors (Lipinski definition) is 2. The van der Waals surface area contributed by atoms with E-state index in [0.717, 1.165) is 0 Å². The van der Waals surface area contributed by atoms with E-state index in [1.165, 1.54) is 44.3 Å². The summed E-state index contributed by atoms with van der Waals surface area (Å²) in [5.41, 5.74) is 0.494. The zero-order chi connectivity index (χ0) is 8.86. The molecule has 0 aromatic heterocycles. The van der Waals surface area contributed by atoms with Crippen LogP contribution in [-0.4, -0.2) is 17.4 Å². The molecule has 0 bridgehead atoms. The monoisotopic (exact) mass is 202 g/mol. The minimum Gasteiger partial charge on any atom is -0.165 e. The first-order valence-electron chi connectivity index (χ1n) is 4.78. The topological polar surface area (TPSA) is 0 Å². The molecule has 0 spiro atoms. The van der Waals surface area contributed by atoms with Crippen LogP contribution >= 0.6 is 24.0 Å². The highest BCUT2D eigenvalue weighted by Gasteiger charge is 2.33. The molecule has 1 saturated carbocycles. The molecule has 0 nitrogen and oxygen atoms in total. The van der Waals surface area contributed by atoms with E-state index in [-0.39, 0.29) is 0 Å². The second-order valence-corrected chi connectivity index (χ2v) is 5.00. The van der Waals surface area contributed by atoms with Gasteiger partial charge in [0, 0.05) is 0 Å². The summed E-state index contributed by atoms with van der Waals surface area (Å²) in [6.07, 6.45) is 10.4. The van der Waals surface area contributed by atoms with Crippen LogP contribution in [-0.2, 0) is 0 Å². The Morgan fingerprint density at radius 3 is 2.58 bits per heavy atom. The quantitative estimate of drug-likeness (QED) is 0.476. The predicted molar refractivity (Wildman–Crippen MR) is 62.2 cm³/mol. The summed E-state index contributed by atoms with van der Waals surface area (Å²) < 4.78 is 0. The standard InChI is InChI=1S/C10H18S2/c1-12-8-3-2-5-10(9-11)6-4-7-10/h9H,2-8H2,1H3. The second-order valence-electron chi connectivity index (χ2n) is 3.78. The molecule has 0 radical (unpaired) electrons. The average Bonchev–Trinajstić information content (AvgIpc) is 2.02. The Morgan fingerprint density at radius 1 is 1.42 bits per heavy atom. The van der Waals surface area contributed by atoms with Crippen molar-refractivity contribution >= 4 is 29.3 Å². The van der Waals surface area contributed by atoms with Gasteiger partial charge in [0.2, 0.25) is 0 Å². The van der Waals surface area contributed by atoms with Crippen LogP contribution < -0.4 is 0 Å². The molecular formula is C10H18S2. The van der Waals surface area contributed by atoms with Gasteiger partial charge in [0.25, 0.3) is 0 Å². The van der Waals surface area contributed by atoms with Crippen molar-refractivity contribution in [2.24, 2.45) is 5.41 Å². The van der Waals surface area contributed by atoms with Crippen molar-refractivity contribution < 1.29 is 0 Å².